The Hall–Kier alpha value is -1.59. The van der Waals surface area contributed by atoms with Crippen molar-refractivity contribution < 1.29 is 9.59 Å². The first-order valence-corrected chi connectivity index (χ1v) is 3.48. The van der Waals surface area contributed by atoms with Crippen molar-refractivity contribution in [3.63, 3.8) is 0 Å². The van der Waals surface area contributed by atoms with E-state index in [0.717, 1.165) is 0 Å². The molecule has 0 saturated carbocycles. The minimum atomic E-state index is -0.485. The van der Waals surface area contributed by atoms with Crippen LogP contribution in [0.5, 0.6) is 0 Å². The summed E-state index contributed by atoms with van der Waals surface area (Å²) in [6.45, 7) is 0. The molecule has 1 heterocycles. The largest absolute Gasteiger partial charge is 0.385 e. The first-order chi connectivity index (χ1) is 5.63. The summed E-state index contributed by atoms with van der Waals surface area (Å²) in [7, 11) is 1.52. The topological polar surface area (TPSA) is 96.6 Å². The Morgan fingerprint density at radius 2 is 2.50 bits per heavy atom. The standard InChI is InChI=1S/C6H10N4O2/c1-8-4(11)2-3-5(7)10-6(12)9-3/h3H,2H2,1H3,(H,8,11)(H3,7,9,10,12). The van der Waals surface area contributed by atoms with Crippen LogP contribution >= 0.6 is 0 Å². The molecule has 3 amide bonds. The van der Waals surface area contributed by atoms with Crippen LogP contribution in [0.3, 0.4) is 0 Å². The molecule has 1 rings (SSSR count). The fourth-order valence-electron chi connectivity index (χ4n) is 0.893. The van der Waals surface area contributed by atoms with Gasteiger partial charge in [-0.1, -0.05) is 0 Å². The van der Waals surface area contributed by atoms with Crippen LogP contribution in [-0.2, 0) is 4.79 Å². The molecule has 4 N–H and O–H groups in total. The third-order valence-electron chi connectivity index (χ3n) is 1.55. The average molecular weight is 170 g/mol. The second-order valence-corrected chi connectivity index (χ2v) is 2.42. The van der Waals surface area contributed by atoms with Gasteiger partial charge in [0.2, 0.25) is 5.91 Å². The van der Waals surface area contributed by atoms with Crippen LogP contribution in [0.25, 0.3) is 0 Å². The Balaban J connectivity index is 2.51. The summed E-state index contributed by atoms with van der Waals surface area (Å²) >= 11 is 0. The normalized spacial score (nSPS) is 21.6. The van der Waals surface area contributed by atoms with E-state index in [0.29, 0.717) is 0 Å². The zero-order valence-electron chi connectivity index (χ0n) is 6.63. The monoisotopic (exact) mass is 170 g/mol. The molecule has 12 heavy (non-hydrogen) atoms. The zero-order chi connectivity index (χ0) is 9.14. The van der Waals surface area contributed by atoms with Crippen molar-refractivity contribution in [2.24, 2.45) is 10.7 Å². The van der Waals surface area contributed by atoms with Gasteiger partial charge in [0.25, 0.3) is 0 Å². The maximum atomic E-state index is 10.8. The van der Waals surface area contributed by atoms with E-state index < -0.39 is 12.1 Å². The second-order valence-electron chi connectivity index (χ2n) is 2.42. The summed E-state index contributed by atoms with van der Waals surface area (Å²) in [5.74, 6) is -0.0102. The van der Waals surface area contributed by atoms with Crippen molar-refractivity contribution in [1.82, 2.24) is 10.6 Å². The zero-order valence-corrected chi connectivity index (χ0v) is 6.63. The van der Waals surface area contributed by atoms with Gasteiger partial charge < -0.3 is 16.4 Å². The van der Waals surface area contributed by atoms with Gasteiger partial charge in [-0.3, -0.25) is 4.79 Å². The van der Waals surface area contributed by atoms with Gasteiger partial charge in [0.05, 0.1) is 12.5 Å². The van der Waals surface area contributed by atoms with E-state index in [-0.39, 0.29) is 18.2 Å². The fraction of sp³-hybridized carbons (Fsp3) is 0.500. The fourth-order valence-corrected chi connectivity index (χ4v) is 0.893. The van der Waals surface area contributed by atoms with E-state index in [2.05, 4.69) is 15.6 Å². The Bertz CT molecular complexity index is 248. The summed E-state index contributed by atoms with van der Waals surface area (Å²) in [5, 5.41) is 4.87. The number of amides is 3. The minimum Gasteiger partial charge on any atom is -0.385 e. The van der Waals surface area contributed by atoms with Gasteiger partial charge in [-0.05, 0) is 0 Å². The van der Waals surface area contributed by atoms with Crippen LogP contribution < -0.4 is 16.4 Å². The minimum absolute atomic E-state index is 0.136. The number of rotatable bonds is 2. The van der Waals surface area contributed by atoms with Gasteiger partial charge in [0.1, 0.15) is 5.84 Å². The van der Waals surface area contributed by atoms with Crippen LogP contribution in [-0.4, -0.2) is 30.9 Å². The van der Waals surface area contributed by atoms with Crippen LogP contribution in [0.1, 0.15) is 6.42 Å². The number of carbonyl (C=O) groups excluding carboxylic acids is 2. The Morgan fingerprint density at radius 1 is 1.83 bits per heavy atom. The van der Waals surface area contributed by atoms with E-state index in [1.54, 1.807) is 0 Å². The van der Waals surface area contributed by atoms with Crippen molar-refractivity contribution in [3.8, 4) is 0 Å². The molecule has 0 bridgehead atoms. The Labute approximate surface area is 69.2 Å². The number of aliphatic imine (C=N–C) groups is 1. The van der Waals surface area contributed by atoms with Gasteiger partial charge in [0, 0.05) is 7.05 Å². The van der Waals surface area contributed by atoms with Gasteiger partial charge in [0.15, 0.2) is 0 Å². The first kappa shape index (κ1) is 8.51. The molecule has 1 aliphatic rings. The molecule has 0 saturated heterocycles. The molecule has 0 aromatic rings. The van der Waals surface area contributed by atoms with Crippen LogP contribution in [0, 0.1) is 0 Å². The van der Waals surface area contributed by atoms with Gasteiger partial charge in [-0.2, -0.15) is 4.99 Å². The lowest BCUT2D eigenvalue weighted by Gasteiger charge is -2.07. The third kappa shape index (κ3) is 1.71. The molecule has 66 valence electrons. The highest BCUT2D eigenvalue weighted by Crippen LogP contribution is 2.00. The highest BCUT2D eigenvalue weighted by molar-refractivity contribution is 6.04. The van der Waals surface area contributed by atoms with Crippen LogP contribution in [0.2, 0.25) is 0 Å². The molecule has 6 heteroatoms. The van der Waals surface area contributed by atoms with Crippen LogP contribution in [0.15, 0.2) is 4.99 Å². The van der Waals surface area contributed by atoms with E-state index >= 15 is 0 Å². The smallest absolute Gasteiger partial charge is 0.343 e. The molecule has 6 nitrogen and oxygen atoms in total. The first-order valence-electron chi connectivity index (χ1n) is 3.48. The number of carbonyl (C=O) groups is 2. The molecule has 0 aromatic carbocycles. The Kier molecular flexibility index (Phi) is 2.27. The van der Waals surface area contributed by atoms with Gasteiger partial charge in [-0.25, -0.2) is 4.79 Å². The second kappa shape index (κ2) is 3.21. The summed E-state index contributed by atoms with van der Waals surface area (Å²) < 4.78 is 0. The average Bonchev–Trinajstić information content (AvgIpc) is 2.30. The number of hydrogen-bond donors (Lipinski definition) is 3. The summed E-state index contributed by atoms with van der Waals surface area (Å²) in [6, 6.07) is -0.932. The lowest BCUT2D eigenvalue weighted by Crippen LogP contribution is -2.40. The van der Waals surface area contributed by atoms with Crippen LogP contribution in [0.4, 0.5) is 4.79 Å². The molecule has 0 aromatic heterocycles. The molecule has 1 unspecified atom stereocenters. The lowest BCUT2D eigenvalue weighted by molar-refractivity contribution is -0.120. The van der Waals surface area contributed by atoms with Crippen molar-refractivity contribution in [3.05, 3.63) is 0 Å². The SMILES string of the molecule is CNC(=O)CC1NC(=O)N=C1N. The molecular formula is C6H10N4O2. The number of amidine groups is 1. The summed E-state index contributed by atoms with van der Waals surface area (Å²) in [4.78, 5) is 24.9. The number of nitrogens with one attached hydrogen (secondary N) is 2. The quantitative estimate of drug-likeness (QED) is 0.474. The summed E-state index contributed by atoms with van der Waals surface area (Å²) in [5.41, 5.74) is 5.36. The number of hydrogen-bond acceptors (Lipinski definition) is 3. The highest BCUT2D eigenvalue weighted by atomic mass is 16.2. The van der Waals surface area contributed by atoms with E-state index in [1.165, 1.54) is 7.05 Å². The maximum Gasteiger partial charge on any atom is 0.343 e. The number of nitrogens with two attached hydrogens (primary N) is 1. The van der Waals surface area contributed by atoms with E-state index in [4.69, 9.17) is 5.73 Å². The number of nitrogens with zero attached hydrogens (tertiary/aromatic N) is 1. The predicted molar refractivity (Wildman–Crippen MR) is 42.6 cm³/mol. The van der Waals surface area contributed by atoms with E-state index in [9.17, 15) is 9.59 Å². The van der Waals surface area contributed by atoms with Crippen molar-refractivity contribution >= 4 is 17.8 Å². The predicted octanol–water partition coefficient (Wildman–Crippen LogP) is -1.43. The maximum absolute atomic E-state index is 10.8. The molecule has 1 aliphatic heterocycles. The van der Waals surface area contributed by atoms with Crippen molar-refractivity contribution in [2.45, 2.75) is 12.5 Å². The molecule has 0 spiro atoms. The Morgan fingerprint density at radius 3 is 2.92 bits per heavy atom. The molecular weight excluding hydrogens is 160 g/mol. The molecule has 0 fully saturated rings. The lowest BCUT2D eigenvalue weighted by atomic mass is 10.2. The highest BCUT2D eigenvalue weighted by Gasteiger charge is 2.25. The molecule has 1 atom stereocenters. The molecule has 0 aliphatic carbocycles. The van der Waals surface area contributed by atoms with Crippen molar-refractivity contribution in [1.29, 1.82) is 0 Å². The van der Waals surface area contributed by atoms with Crippen molar-refractivity contribution in [2.75, 3.05) is 7.05 Å². The molecule has 0 radical (unpaired) electrons. The van der Waals surface area contributed by atoms with Gasteiger partial charge >= 0.3 is 6.03 Å². The van der Waals surface area contributed by atoms with E-state index in [1.807, 2.05) is 0 Å². The third-order valence-corrected chi connectivity index (χ3v) is 1.55. The number of urea groups is 1. The summed E-state index contributed by atoms with van der Waals surface area (Å²) in [6.07, 6.45) is 0.136. The van der Waals surface area contributed by atoms with Gasteiger partial charge in [-0.15, -0.1) is 0 Å².